The number of hydrogen-bond donors (Lipinski definition) is 1. The molecule has 1 N–H and O–H groups in total. The molecule has 0 aliphatic carbocycles. The summed E-state index contributed by atoms with van der Waals surface area (Å²) in [7, 11) is -1.95. The number of anilines is 1. The third-order valence-corrected chi connectivity index (χ3v) is 7.29. The van der Waals surface area contributed by atoms with E-state index in [0.29, 0.717) is 30.8 Å². The number of aryl methyl sites for hydroxylation is 2. The Labute approximate surface area is 222 Å². The molecular weight excluding hydrogens is 490 g/mol. The Hall–Kier alpha value is -3.07. The van der Waals surface area contributed by atoms with Crippen molar-refractivity contribution >= 4 is 27.5 Å². The summed E-state index contributed by atoms with van der Waals surface area (Å²) in [6, 6.07) is 12.4. The molecule has 0 fully saturated rings. The highest BCUT2D eigenvalue weighted by molar-refractivity contribution is 7.92. The maximum absolute atomic E-state index is 13.5. The van der Waals surface area contributed by atoms with Gasteiger partial charge in [0.05, 0.1) is 19.1 Å². The van der Waals surface area contributed by atoms with E-state index in [-0.39, 0.29) is 31.3 Å². The summed E-state index contributed by atoms with van der Waals surface area (Å²) in [6.45, 7) is 8.69. The number of nitrogens with one attached hydrogen (secondary N) is 1. The van der Waals surface area contributed by atoms with Crippen molar-refractivity contribution in [1.82, 2.24) is 10.2 Å². The standard InChI is InChI=1S/C28H41N3O5S/c1-7-15-29-28(33)26(8-2)30(20-23-11-13-25(36-5)14-12-23)27(32)10-9-16-31(37(6,34)35)24-18-21(3)17-22(4)19-24/h11-14,17-19,26H,7-10,15-16,20H2,1-6H3,(H,29,33)/t26-/m1/s1. The summed E-state index contributed by atoms with van der Waals surface area (Å²) in [6.07, 6.45) is 2.88. The molecule has 1 atom stereocenters. The first-order valence-electron chi connectivity index (χ1n) is 12.8. The van der Waals surface area contributed by atoms with Gasteiger partial charge in [-0.15, -0.1) is 0 Å². The molecular formula is C28H41N3O5S. The summed E-state index contributed by atoms with van der Waals surface area (Å²) >= 11 is 0. The summed E-state index contributed by atoms with van der Waals surface area (Å²) in [4.78, 5) is 28.0. The largest absolute Gasteiger partial charge is 0.497 e. The number of carbonyl (C=O) groups excluding carboxylic acids is 2. The van der Waals surface area contributed by atoms with Crippen LogP contribution in [0.2, 0.25) is 0 Å². The molecule has 0 aliphatic heterocycles. The van der Waals surface area contributed by atoms with E-state index in [0.717, 1.165) is 23.1 Å². The summed E-state index contributed by atoms with van der Waals surface area (Å²) < 4.78 is 31.7. The van der Waals surface area contributed by atoms with Crippen LogP contribution < -0.4 is 14.4 Å². The third kappa shape index (κ3) is 9.07. The molecule has 0 saturated carbocycles. The molecule has 0 spiro atoms. The van der Waals surface area contributed by atoms with Gasteiger partial charge in [0.25, 0.3) is 0 Å². The number of rotatable bonds is 14. The van der Waals surface area contributed by atoms with Crippen LogP contribution in [0.15, 0.2) is 42.5 Å². The molecule has 204 valence electrons. The van der Waals surface area contributed by atoms with Crippen LogP contribution in [0.5, 0.6) is 5.75 Å². The first-order valence-corrected chi connectivity index (χ1v) is 14.6. The van der Waals surface area contributed by atoms with Crippen molar-refractivity contribution in [3.63, 3.8) is 0 Å². The lowest BCUT2D eigenvalue weighted by Gasteiger charge is -2.31. The zero-order valence-corrected chi connectivity index (χ0v) is 23.7. The van der Waals surface area contributed by atoms with Crippen LogP contribution in [0.1, 0.15) is 56.2 Å². The maximum Gasteiger partial charge on any atom is 0.242 e. The number of methoxy groups -OCH3 is 1. The minimum absolute atomic E-state index is 0.116. The van der Waals surface area contributed by atoms with Gasteiger partial charge in [0, 0.05) is 26.1 Å². The molecule has 0 aliphatic rings. The Kier molecular flexibility index (Phi) is 11.4. The second-order valence-corrected chi connectivity index (χ2v) is 11.3. The van der Waals surface area contributed by atoms with Crippen LogP contribution in [0.25, 0.3) is 0 Å². The average molecular weight is 532 g/mol. The van der Waals surface area contributed by atoms with E-state index in [1.807, 2.05) is 70.2 Å². The predicted molar refractivity (Wildman–Crippen MR) is 148 cm³/mol. The fourth-order valence-corrected chi connectivity index (χ4v) is 5.26. The van der Waals surface area contributed by atoms with Crippen LogP contribution >= 0.6 is 0 Å². The zero-order chi connectivity index (χ0) is 27.6. The van der Waals surface area contributed by atoms with Gasteiger partial charge < -0.3 is 15.0 Å². The third-order valence-electron chi connectivity index (χ3n) is 6.09. The van der Waals surface area contributed by atoms with Crippen molar-refractivity contribution in [2.45, 2.75) is 66.0 Å². The zero-order valence-electron chi connectivity index (χ0n) is 22.9. The molecule has 0 saturated heterocycles. The van der Waals surface area contributed by atoms with Gasteiger partial charge in [-0.25, -0.2) is 8.42 Å². The Balaban J connectivity index is 2.23. The summed E-state index contributed by atoms with van der Waals surface area (Å²) in [5.41, 5.74) is 3.40. The van der Waals surface area contributed by atoms with E-state index in [1.54, 1.807) is 12.0 Å². The molecule has 0 unspecified atom stereocenters. The van der Waals surface area contributed by atoms with Gasteiger partial charge in [-0.05, 0) is 74.1 Å². The first kappa shape index (κ1) is 30.2. The molecule has 2 aromatic carbocycles. The highest BCUT2D eigenvalue weighted by Crippen LogP contribution is 2.23. The summed E-state index contributed by atoms with van der Waals surface area (Å²) in [5, 5.41) is 2.91. The van der Waals surface area contributed by atoms with Crippen molar-refractivity contribution in [3.05, 3.63) is 59.2 Å². The number of hydrogen-bond acceptors (Lipinski definition) is 5. The molecule has 2 rings (SSSR count). The number of sulfonamides is 1. The van der Waals surface area contributed by atoms with Crippen LogP contribution in [0.3, 0.4) is 0 Å². The van der Waals surface area contributed by atoms with Gasteiger partial charge in [0.2, 0.25) is 21.8 Å². The highest BCUT2D eigenvalue weighted by atomic mass is 32.2. The Morgan fingerprint density at radius 1 is 1.03 bits per heavy atom. The molecule has 37 heavy (non-hydrogen) atoms. The molecule has 0 heterocycles. The van der Waals surface area contributed by atoms with Crippen molar-refractivity contribution in [2.24, 2.45) is 0 Å². The lowest BCUT2D eigenvalue weighted by atomic mass is 10.1. The second kappa shape index (κ2) is 14.0. The molecule has 2 amide bonds. The van der Waals surface area contributed by atoms with Gasteiger partial charge in [-0.2, -0.15) is 0 Å². The summed E-state index contributed by atoms with van der Waals surface area (Å²) in [5.74, 6) is 0.337. The predicted octanol–water partition coefficient (Wildman–Crippen LogP) is 4.19. The van der Waals surface area contributed by atoms with Crippen molar-refractivity contribution < 1.29 is 22.7 Å². The average Bonchev–Trinajstić information content (AvgIpc) is 2.84. The van der Waals surface area contributed by atoms with Gasteiger partial charge in [0.15, 0.2) is 0 Å². The fraction of sp³-hybridized carbons (Fsp3) is 0.500. The molecule has 0 radical (unpaired) electrons. The van der Waals surface area contributed by atoms with Crippen LogP contribution in [-0.4, -0.2) is 57.6 Å². The Bertz CT molecular complexity index is 1130. The van der Waals surface area contributed by atoms with Gasteiger partial charge >= 0.3 is 0 Å². The van der Waals surface area contributed by atoms with Crippen molar-refractivity contribution in [2.75, 3.05) is 30.8 Å². The Morgan fingerprint density at radius 3 is 2.16 bits per heavy atom. The van der Waals surface area contributed by atoms with E-state index in [4.69, 9.17) is 4.74 Å². The van der Waals surface area contributed by atoms with E-state index in [2.05, 4.69) is 5.32 Å². The topological polar surface area (TPSA) is 96.0 Å². The van der Waals surface area contributed by atoms with E-state index >= 15 is 0 Å². The smallest absolute Gasteiger partial charge is 0.242 e. The number of nitrogens with zero attached hydrogens (tertiary/aromatic N) is 2. The molecule has 2 aromatic rings. The van der Waals surface area contributed by atoms with Crippen LogP contribution in [0, 0.1) is 13.8 Å². The molecule has 9 heteroatoms. The lowest BCUT2D eigenvalue weighted by molar-refractivity contribution is -0.141. The minimum Gasteiger partial charge on any atom is -0.497 e. The number of amides is 2. The second-order valence-electron chi connectivity index (χ2n) is 9.37. The number of carbonyl (C=O) groups is 2. The van der Waals surface area contributed by atoms with Crippen molar-refractivity contribution in [3.8, 4) is 5.75 Å². The SMILES string of the molecule is CCCNC(=O)[C@@H](CC)N(Cc1ccc(OC)cc1)C(=O)CCCN(c1cc(C)cc(C)c1)S(C)(=O)=O. The maximum atomic E-state index is 13.5. The molecule has 0 aromatic heterocycles. The van der Waals surface area contributed by atoms with Gasteiger partial charge in [-0.1, -0.05) is 32.0 Å². The van der Waals surface area contributed by atoms with Gasteiger partial charge in [0.1, 0.15) is 11.8 Å². The van der Waals surface area contributed by atoms with Gasteiger partial charge in [-0.3, -0.25) is 13.9 Å². The van der Waals surface area contributed by atoms with E-state index in [9.17, 15) is 18.0 Å². The monoisotopic (exact) mass is 531 g/mol. The Morgan fingerprint density at radius 2 is 1.65 bits per heavy atom. The van der Waals surface area contributed by atoms with Crippen LogP contribution in [-0.2, 0) is 26.2 Å². The lowest BCUT2D eigenvalue weighted by Crippen LogP contribution is -2.49. The molecule has 0 bridgehead atoms. The number of ether oxygens (including phenoxy) is 1. The molecule has 8 nitrogen and oxygen atoms in total. The first-order chi connectivity index (χ1) is 17.5. The van der Waals surface area contributed by atoms with E-state index < -0.39 is 16.1 Å². The van der Waals surface area contributed by atoms with Crippen molar-refractivity contribution in [1.29, 1.82) is 0 Å². The normalized spacial score (nSPS) is 12.1. The fourth-order valence-electron chi connectivity index (χ4n) is 4.31. The number of benzene rings is 2. The minimum atomic E-state index is -3.54. The van der Waals surface area contributed by atoms with E-state index in [1.165, 1.54) is 10.6 Å². The van der Waals surface area contributed by atoms with Crippen LogP contribution in [0.4, 0.5) is 5.69 Å². The highest BCUT2D eigenvalue weighted by Gasteiger charge is 2.28. The quantitative estimate of drug-likeness (QED) is 0.394.